The summed E-state index contributed by atoms with van der Waals surface area (Å²) in [4.78, 5) is 4.89. The third-order valence-corrected chi connectivity index (χ3v) is 5.96. The maximum absolute atomic E-state index is 12.9. The molecule has 0 atom stereocenters. The van der Waals surface area contributed by atoms with Gasteiger partial charge in [0.2, 0.25) is 14.9 Å². The van der Waals surface area contributed by atoms with Crippen LogP contribution in [0.5, 0.6) is 0 Å². The molecule has 6 nitrogen and oxygen atoms in total. The maximum Gasteiger partial charge on any atom is 0.419 e. The van der Waals surface area contributed by atoms with Gasteiger partial charge in [-0.05, 0) is 26.7 Å². The van der Waals surface area contributed by atoms with Gasteiger partial charge in [0.15, 0.2) is 0 Å². The lowest BCUT2D eigenvalue weighted by Gasteiger charge is -2.23. The summed E-state index contributed by atoms with van der Waals surface area (Å²) >= 11 is 0. The van der Waals surface area contributed by atoms with Crippen molar-refractivity contribution >= 4 is 21.7 Å². The van der Waals surface area contributed by atoms with Gasteiger partial charge in [0, 0.05) is 12.4 Å². The second kappa shape index (κ2) is 5.61. The zero-order valence-electron chi connectivity index (χ0n) is 13.2. The summed E-state index contributed by atoms with van der Waals surface area (Å²) in [6, 6.07) is 0.110. The number of rotatable bonds is 4. The topological polar surface area (TPSA) is 67.6 Å². The van der Waals surface area contributed by atoms with Gasteiger partial charge in [0.1, 0.15) is 12.4 Å². The molecule has 1 aromatic rings. The monoisotopic (exact) mass is 362 g/mol. The van der Waals surface area contributed by atoms with E-state index in [9.17, 15) is 21.6 Å². The first kappa shape index (κ1) is 17.0. The van der Waals surface area contributed by atoms with Crippen LogP contribution in [0.4, 0.5) is 18.9 Å². The molecule has 1 aromatic heterocycles. The van der Waals surface area contributed by atoms with Crippen LogP contribution in [0.25, 0.3) is 0 Å². The summed E-state index contributed by atoms with van der Waals surface area (Å²) in [6.45, 7) is 2.94. The van der Waals surface area contributed by atoms with E-state index < -0.39 is 26.8 Å². The van der Waals surface area contributed by atoms with Crippen molar-refractivity contribution in [1.29, 1.82) is 0 Å². The van der Waals surface area contributed by atoms with Crippen molar-refractivity contribution in [2.75, 3.05) is 11.6 Å². The highest BCUT2D eigenvalue weighted by Crippen LogP contribution is 2.38. The number of halogens is 3. The van der Waals surface area contributed by atoms with Crippen molar-refractivity contribution in [3.05, 3.63) is 18.0 Å². The highest BCUT2D eigenvalue weighted by Gasteiger charge is 2.37. The third-order valence-electron chi connectivity index (χ3n) is 3.89. The Balaban J connectivity index is 2.07. The normalized spacial score (nSPS) is 19.1. The summed E-state index contributed by atoms with van der Waals surface area (Å²) in [5, 5.41) is 3.23. The third kappa shape index (κ3) is 3.06. The van der Waals surface area contributed by atoms with E-state index >= 15 is 0 Å². The van der Waals surface area contributed by atoms with Crippen molar-refractivity contribution < 1.29 is 21.6 Å². The molecule has 2 aliphatic rings. The molecule has 2 heterocycles. The van der Waals surface area contributed by atoms with E-state index in [0.717, 1.165) is 25.3 Å². The van der Waals surface area contributed by atoms with E-state index in [-0.39, 0.29) is 23.4 Å². The van der Waals surface area contributed by atoms with Gasteiger partial charge >= 0.3 is 6.18 Å². The molecule has 132 valence electrons. The number of anilines is 1. The highest BCUT2D eigenvalue weighted by molar-refractivity contribution is 7.92. The maximum atomic E-state index is 12.9. The van der Waals surface area contributed by atoms with Gasteiger partial charge in [0.25, 0.3) is 0 Å². The molecule has 0 saturated heterocycles. The van der Waals surface area contributed by atoms with Crippen molar-refractivity contribution in [3.63, 3.8) is 0 Å². The Morgan fingerprint density at radius 1 is 1.29 bits per heavy atom. The number of nitrogens with zero attached hydrogens (tertiary/aromatic N) is 4. The molecule has 3 rings (SSSR count). The first-order valence-electron chi connectivity index (χ1n) is 7.49. The van der Waals surface area contributed by atoms with Crippen LogP contribution in [0.2, 0.25) is 0 Å². The molecule has 0 aromatic carbocycles. The van der Waals surface area contributed by atoms with Gasteiger partial charge in [0.05, 0.1) is 23.1 Å². The lowest BCUT2D eigenvalue weighted by molar-refractivity contribution is -0.0859. The quantitative estimate of drug-likeness (QED) is 0.826. The molecule has 1 aliphatic carbocycles. The average Bonchev–Trinajstić information content (AvgIpc) is 3.24. The zero-order chi connectivity index (χ0) is 17.7. The standard InChI is InChI=1S/C14H17F3N4O2S/c1-9(2)24(22,23)13-12(7-21(19-13)11-3-4-11)20-6-10(5-18-8-20)14(15,16)17/h5-7,9,11H,3-4,8H2,1-2H3. The van der Waals surface area contributed by atoms with E-state index in [2.05, 4.69) is 10.1 Å². The summed E-state index contributed by atoms with van der Waals surface area (Å²) in [5.41, 5.74) is -0.796. The van der Waals surface area contributed by atoms with Crippen LogP contribution in [0.15, 0.2) is 28.0 Å². The van der Waals surface area contributed by atoms with E-state index in [1.54, 1.807) is 0 Å². The zero-order valence-corrected chi connectivity index (χ0v) is 14.0. The first-order valence-corrected chi connectivity index (χ1v) is 9.04. The lowest BCUT2D eigenvalue weighted by atomic mass is 10.2. The molecule has 1 fully saturated rings. The minimum absolute atomic E-state index is 0.0868. The van der Waals surface area contributed by atoms with Crippen molar-refractivity contribution in [3.8, 4) is 0 Å². The Labute approximate surface area is 137 Å². The van der Waals surface area contributed by atoms with Crippen LogP contribution < -0.4 is 4.90 Å². The molecule has 0 amide bonds. The van der Waals surface area contributed by atoms with Gasteiger partial charge in [-0.25, -0.2) is 8.42 Å². The van der Waals surface area contributed by atoms with Crippen molar-refractivity contribution in [1.82, 2.24) is 9.78 Å². The number of hydrogen-bond donors (Lipinski definition) is 0. The second-order valence-electron chi connectivity index (χ2n) is 6.13. The average molecular weight is 362 g/mol. The van der Waals surface area contributed by atoms with Crippen LogP contribution >= 0.6 is 0 Å². The summed E-state index contributed by atoms with van der Waals surface area (Å²) < 4.78 is 65.4. The minimum Gasteiger partial charge on any atom is -0.324 e. The van der Waals surface area contributed by atoms with Crippen LogP contribution in [0.1, 0.15) is 32.7 Å². The number of hydrogen-bond acceptors (Lipinski definition) is 5. The molecule has 0 unspecified atom stereocenters. The first-order chi connectivity index (χ1) is 11.1. The smallest absolute Gasteiger partial charge is 0.324 e. The largest absolute Gasteiger partial charge is 0.419 e. The van der Waals surface area contributed by atoms with E-state index in [4.69, 9.17) is 0 Å². The summed E-state index contributed by atoms with van der Waals surface area (Å²) in [7, 11) is -3.73. The summed E-state index contributed by atoms with van der Waals surface area (Å²) in [5.74, 6) is 0. The van der Waals surface area contributed by atoms with Crippen LogP contribution in [-0.4, -0.2) is 42.5 Å². The molecular formula is C14H17F3N4O2S. The molecule has 0 radical (unpaired) electrons. The summed E-state index contributed by atoms with van der Waals surface area (Å²) in [6.07, 6.45) is 0.331. The predicted molar refractivity (Wildman–Crippen MR) is 82.8 cm³/mol. The number of aliphatic imine (C=N–C) groups is 1. The van der Waals surface area contributed by atoms with Gasteiger partial charge in [-0.15, -0.1) is 0 Å². The van der Waals surface area contributed by atoms with Gasteiger partial charge in [-0.2, -0.15) is 18.3 Å². The number of aromatic nitrogens is 2. The molecule has 1 aliphatic heterocycles. The SMILES string of the molecule is CC(C)S(=O)(=O)c1nn(C2CC2)cc1N1C=C(C(F)(F)F)C=NC1. The minimum atomic E-state index is -4.55. The Morgan fingerprint density at radius 2 is 1.96 bits per heavy atom. The molecule has 10 heteroatoms. The molecular weight excluding hydrogens is 345 g/mol. The van der Waals surface area contributed by atoms with Crippen LogP contribution in [-0.2, 0) is 9.84 Å². The predicted octanol–water partition coefficient (Wildman–Crippen LogP) is 2.69. The van der Waals surface area contributed by atoms with Crippen LogP contribution in [0.3, 0.4) is 0 Å². The molecule has 24 heavy (non-hydrogen) atoms. The Bertz CT molecular complexity index is 804. The Morgan fingerprint density at radius 3 is 2.50 bits per heavy atom. The van der Waals surface area contributed by atoms with Crippen molar-refractivity contribution in [2.45, 2.75) is 49.2 Å². The fourth-order valence-corrected chi connectivity index (χ4v) is 3.39. The molecule has 0 N–H and O–H groups in total. The van der Waals surface area contributed by atoms with Crippen molar-refractivity contribution in [2.24, 2.45) is 4.99 Å². The molecule has 1 saturated carbocycles. The number of allylic oxidation sites excluding steroid dienone is 1. The Kier molecular flexibility index (Phi) is 3.97. The van der Waals surface area contributed by atoms with Gasteiger partial charge < -0.3 is 4.90 Å². The Hall–Kier alpha value is -1.84. The highest BCUT2D eigenvalue weighted by atomic mass is 32.2. The van der Waals surface area contributed by atoms with E-state index in [1.165, 1.54) is 29.6 Å². The van der Waals surface area contributed by atoms with Crippen LogP contribution in [0, 0.1) is 0 Å². The lowest BCUT2D eigenvalue weighted by Crippen LogP contribution is -2.27. The fourth-order valence-electron chi connectivity index (χ4n) is 2.28. The van der Waals surface area contributed by atoms with E-state index in [0.29, 0.717) is 0 Å². The second-order valence-corrected chi connectivity index (χ2v) is 8.55. The van der Waals surface area contributed by atoms with E-state index in [1.807, 2.05) is 0 Å². The number of sulfone groups is 1. The molecule has 0 spiro atoms. The molecule has 0 bridgehead atoms. The fraction of sp³-hybridized carbons (Fsp3) is 0.571. The van der Waals surface area contributed by atoms with Gasteiger partial charge in [-0.1, -0.05) is 0 Å². The number of alkyl halides is 3. The van der Waals surface area contributed by atoms with Gasteiger partial charge in [-0.3, -0.25) is 9.67 Å².